The Morgan fingerprint density at radius 2 is 2.43 bits per heavy atom. The highest BCUT2D eigenvalue weighted by molar-refractivity contribution is 5.39. The Hall–Kier alpha value is -1.82. The average Bonchev–Trinajstić information content (AvgIpc) is 2.26. The molecular weight excluding hydrogens is 174 g/mol. The fourth-order valence-electron chi connectivity index (χ4n) is 0.905. The van der Waals surface area contributed by atoms with Crippen LogP contribution in [0.25, 0.3) is 0 Å². The maximum absolute atomic E-state index is 8.56. The predicted octanol–water partition coefficient (Wildman–Crippen LogP) is 2.33. The minimum absolute atomic E-state index is 0.574. The van der Waals surface area contributed by atoms with Gasteiger partial charge >= 0.3 is 0 Å². The summed E-state index contributed by atoms with van der Waals surface area (Å²) in [6.07, 6.45) is 2.51. The monoisotopic (exact) mass is 187 g/mol. The zero-order valence-electron chi connectivity index (χ0n) is 8.25. The van der Waals surface area contributed by atoms with Crippen molar-refractivity contribution in [1.29, 1.82) is 5.26 Å². The molecule has 0 aliphatic heterocycles. The van der Waals surface area contributed by atoms with Crippen molar-refractivity contribution in [3.8, 4) is 6.07 Å². The molecule has 0 aliphatic carbocycles. The van der Waals surface area contributed by atoms with Crippen LogP contribution in [0.5, 0.6) is 0 Å². The molecule has 1 rings (SSSR count). The Balaban J connectivity index is 2.53. The molecule has 0 fully saturated rings. The smallest absolute Gasteiger partial charge is 0.126 e. The summed E-state index contributed by atoms with van der Waals surface area (Å²) >= 11 is 0. The molecule has 1 N–H and O–H groups in total. The molecule has 0 spiro atoms. The molecule has 0 aliphatic rings. The van der Waals surface area contributed by atoms with E-state index in [1.165, 1.54) is 0 Å². The van der Waals surface area contributed by atoms with Crippen molar-refractivity contribution in [3.63, 3.8) is 0 Å². The maximum Gasteiger partial charge on any atom is 0.126 e. The van der Waals surface area contributed by atoms with Gasteiger partial charge in [-0.15, -0.1) is 0 Å². The van der Waals surface area contributed by atoms with Crippen molar-refractivity contribution in [2.75, 3.05) is 11.9 Å². The molecule has 1 heterocycles. The van der Waals surface area contributed by atoms with Gasteiger partial charge in [-0.05, 0) is 18.6 Å². The number of hydrogen-bond acceptors (Lipinski definition) is 3. The van der Waals surface area contributed by atoms with Gasteiger partial charge in [0.15, 0.2) is 0 Å². The fourth-order valence-corrected chi connectivity index (χ4v) is 0.905. The van der Waals surface area contributed by atoms with E-state index < -0.39 is 0 Å². The molecule has 0 amide bonds. The number of aromatic nitrogens is 1. The van der Waals surface area contributed by atoms with Gasteiger partial charge in [0.1, 0.15) is 11.9 Å². The van der Waals surface area contributed by atoms with Crippen LogP contribution in [0.1, 0.15) is 18.9 Å². The van der Waals surface area contributed by atoms with E-state index in [2.05, 4.69) is 23.8 Å². The van der Waals surface area contributed by atoms with Gasteiger partial charge in [-0.25, -0.2) is 4.98 Å². The number of nitrogens with zero attached hydrogens (tertiary/aromatic N) is 2. The first kappa shape index (κ1) is 10.3. The van der Waals surface area contributed by atoms with Crippen molar-refractivity contribution in [3.05, 3.63) is 36.0 Å². The minimum Gasteiger partial charge on any atom is -0.366 e. The largest absolute Gasteiger partial charge is 0.366 e. The lowest BCUT2D eigenvalue weighted by molar-refractivity contribution is 1.04. The SMILES string of the molecule is C=C(CC)CNc1ccc(C#N)cn1. The van der Waals surface area contributed by atoms with E-state index in [-0.39, 0.29) is 0 Å². The summed E-state index contributed by atoms with van der Waals surface area (Å²) in [4.78, 5) is 4.08. The first-order chi connectivity index (χ1) is 6.76. The molecule has 0 bridgehead atoms. The van der Waals surface area contributed by atoms with Gasteiger partial charge in [0.25, 0.3) is 0 Å². The number of pyridine rings is 1. The van der Waals surface area contributed by atoms with Gasteiger partial charge < -0.3 is 5.32 Å². The Bertz CT molecular complexity index is 346. The highest BCUT2D eigenvalue weighted by Gasteiger charge is 1.95. The van der Waals surface area contributed by atoms with E-state index >= 15 is 0 Å². The molecule has 0 aromatic carbocycles. The first-order valence-corrected chi connectivity index (χ1v) is 4.53. The topological polar surface area (TPSA) is 48.7 Å². The number of nitriles is 1. The molecule has 0 atom stereocenters. The van der Waals surface area contributed by atoms with E-state index in [0.29, 0.717) is 5.56 Å². The third-order valence-electron chi connectivity index (χ3n) is 1.91. The van der Waals surface area contributed by atoms with Gasteiger partial charge in [0.2, 0.25) is 0 Å². The van der Waals surface area contributed by atoms with Crippen LogP contribution in [0.3, 0.4) is 0 Å². The third kappa shape index (κ3) is 2.91. The summed E-state index contributed by atoms with van der Waals surface area (Å²) < 4.78 is 0. The van der Waals surface area contributed by atoms with E-state index in [1.807, 2.05) is 6.07 Å². The van der Waals surface area contributed by atoms with Gasteiger partial charge in [-0.2, -0.15) is 5.26 Å². The molecule has 0 saturated heterocycles. The van der Waals surface area contributed by atoms with Gasteiger partial charge in [0.05, 0.1) is 5.56 Å². The van der Waals surface area contributed by atoms with E-state index in [9.17, 15) is 0 Å². The van der Waals surface area contributed by atoms with Gasteiger partial charge in [-0.1, -0.05) is 19.1 Å². The molecule has 1 aromatic heterocycles. The Labute approximate surface area is 84.1 Å². The average molecular weight is 187 g/mol. The lowest BCUT2D eigenvalue weighted by atomic mass is 10.2. The van der Waals surface area contributed by atoms with Crippen molar-refractivity contribution in [2.45, 2.75) is 13.3 Å². The summed E-state index contributed by atoms with van der Waals surface area (Å²) in [6, 6.07) is 5.56. The summed E-state index contributed by atoms with van der Waals surface area (Å²) in [5.74, 6) is 0.776. The van der Waals surface area contributed by atoms with Crippen molar-refractivity contribution >= 4 is 5.82 Å². The molecular formula is C11H13N3. The van der Waals surface area contributed by atoms with Gasteiger partial charge in [-0.3, -0.25) is 0 Å². The van der Waals surface area contributed by atoms with Crippen molar-refractivity contribution in [2.24, 2.45) is 0 Å². The summed E-state index contributed by atoms with van der Waals surface area (Å²) in [5.41, 5.74) is 1.71. The highest BCUT2D eigenvalue weighted by Crippen LogP contribution is 2.05. The van der Waals surface area contributed by atoms with Crippen LogP contribution >= 0.6 is 0 Å². The van der Waals surface area contributed by atoms with Crippen LogP contribution in [-0.2, 0) is 0 Å². The Morgan fingerprint density at radius 1 is 1.64 bits per heavy atom. The third-order valence-corrected chi connectivity index (χ3v) is 1.91. The lowest BCUT2D eigenvalue weighted by Gasteiger charge is -2.05. The van der Waals surface area contributed by atoms with Crippen LogP contribution in [0.4, 0.5) is 5.82 Å². The molecule has 3 heteroatoms. The Morgan fingerprint density at radius 3 is 2.93 bits per heavy atom. The number of hydrogen-bond donors (Lipinski definition) is 1. The second-order valence-corrected chi connectivity index (χ2v) is 3.00. The van der Waals surface area contributed by atoms with Crippen LogP contribution in [0.2, 0.25) is 0 Å². The normalized spacial score (nSPS) is 9.14. The second-order valence-electron chi connectivity index (χ2n) is 3.00. The molecule has 0 radical (unpaired) electrons. The lowest BCUT2D eigenvalue weighted by Crippen LogP contribution is -2.04. The highest BCUT2D eigenvalue weighted by atomic mass is 15.0. The molecule has 0 unspecified atom stereocenters. The van der Waals surface area contributed by atoms with E-state index in [4.69, 9.17) is 5.26 Å². The quantitative estimate of drug-likeness (QED) is 0.736. The maximum atomic E-state index is 8.56. The van der Waals surface area contributed by atoms with E-state index in [1.54, 1.807) is 18.3 Å². The number of nitrogens with one attached hydrogen (secondary N) is 1. The molecule has 72 valence electrons. The van der Waals surface area contributed by atoms with Crippen LogP contribution in [-0.4, -0.2) is 11.5 Å². The molecule has 1 aromatic rings. The van der Waals surface area contributed by atoms with Gasteiger partial charge in [0, 0.05) is 12.7 Å². The predicted molar refractivity (Wildman–Crippen MR) is 56.9 cm³/mol. The number of anilines is 1. The van der Waals surface area contributed by atoms with Crippen molar-refractivity contribution in [1.82, 2.24) is 4.98 Å². The molecule has 14 heavy (non-hydrogen) atoms. The Kier molecular flexibility index (Phi) is 3.69. The fraction of sp³-hybridized carbons (Fsp3) is 0.273. The van der Waals surface area contributed by atoms with Crippen LogP contribution < -0.4 is 5.32 Å². The van der Waals surface area contributed by atoms with Crippen LogP contribution in [0.15, 0.2) is 30.5 Å². The van der Waals surface area contributed by atoms with Crippen molar-refractivity contribution < 1.29 is 0 Å². The standard InChI is InChI=1S/C11H13N3/c1-3-9(2)7-13-11-5-4-10(6-12)8-14-11/h4-5,8H,2-3,7H2,1H3,(H,13,14). The zero-order valence-corrected chi connectivity index (χ0v) is 8.25. The zero-order chi connectivity index (χ0) is 10.4. The summed E-state index contributed by atoms with van der Waals surface area (Å²) in [7, 11) is 0. The van der Waals surface area contributed by atoms with E-state index in [0.717, 1.165) is 24.4 Å². The minimum atomic E-state index is 0.574. The second kappa shape index (κ2) is 5.03. The summed E-state index contributed by atoms with van der Waals surface area (Å²) in [5, 5.41) is 11.7. The summed E-state index contributed by atoms with van der Waals surface area (Å²) in [6.45, 7) is 6.68. The molecule has 0 saturated carbocycles. The molecule has 3 nitrogen and oxygen atoms in total. The number of rotatable bonds is 4. The first-order valence-electron chi connectivity index (χ1n) is 4.53. The van der Waals surface area contributed by atoms with Crippen LogP contribution in [0, 0.1) is 11.3 Å².